The minimum Gasteiger partial charge on any atom is -0.508 e. The van der Waals surface area contributed by atoms with Crippen LogP contribution in [0.5, 0.6) is 5.75 Å². The van der Waals surface area contributed by atoms with Crippen LogP contribution in [0.1, 0.15) is 44.7 Å². The lowest BCUT2D eigenvalue weighted by atomic mass is 10.1. The highest BCUT2D eigenvalue weighted by Gasteiger charge is 2.27. The number of aromatic hydroxyl groups is 1. The van der Waals surface area contributed by atoms with Crippen LogP contribution in [-0.2, 0) is 17.8 Å². The van der Waals surface area contributed by atoms with Gasteiger partial charge in [0.05, 0.1) is 6.54 Å². The van der Waals surface area contributed by atoms with Crippen molar-refractivity contribution in [3.05, 3.63) is 35.7 Å². The summed E-state index contributed by atoms with van der Waals surface area (Å²) in [7, 11) is 0. The van der Waals surface area contributed by atoms with Gasteiger partial charge in [0, 0.05) is 31.2 Å². The number of ether oxygens (including phenoxy) is 1. The van der Waals surface area contributed by atoms with Crippen LogP contribution in [0.2, 0.25) is 0 Å². The number of phenolic OH excluding ortho intramolecular Hbond substituents is 1. The number of hydrogen-bond acceptors (Lipinski definition) is 8. The summed E-state index contributed by atoms with van der Waals surface area (Å²) in [6.45, 7) is 8.29. The van der Waals surface area contributed by atoms with E-state index >= 15 is 0 Å². The molecule has 160 valence electrons. The molecular weight excluding hydrogens is 384 g/mol. The summed E-state index contributed by atoms with van der Waals surface area (Å²) in [5, 5.41) is 13.0. The number of aromatic nitrogens is 3. The number of fused-ring (bicyclic) bond motifs is 1. The number of benzene rings is 1. The van der Waals surface area contributed by atoms with E-state index in [1.165, 1.54) is 6.33 Å². The first-order chi connectivity index (χ1) is 14.3. The fraction of sp³-hybridized carbons (Fsp3) is 0.524. The number of nitrogens with zero attached hydrogens (tertiary/aromatic N) is 5. The van der Waals surface area contributed by atoms with Crippen LogP contribution in [0, 0.1) is 0 Å². The van der Waals surface area contributed by atoms with Gasteiger partial charge >= 0.3 is 6.09 Å². The van der Waals surface area contributed by atoms with Crippen LogP contribution < -0.4 is 15.1 Å². The maximum atomic E-state index is 12.0. The van der Waals surface area contributed by atoms with E-state index in [0.717, 1.165) is 37.1 Å². The van der Waals surface area contributed by atoms with Crippen LogP contribution in [0.4, 0.5) is 16.7 Å². The van der Waals surface area contributed by atoms with Crippen LogP contribution >= 0.6 is 0 Å². The number of carbonyl (C=O) groups excluding carboxylic acids is 1. The number of piperidine rings is 1. The van der Waals surface area contributed by atoms with Crippen molar-refractivity contribution in [3.63, 3.8) is 0 Å². The second-order valence-electron chi connectivity index (χ2n) is 8.76. The summed E-state index contributed by atoms with van der Waals surface area (Å²) in [5.41, 5.74) is 1.51. The molecule has 1 saturated heterocycles. The van der Waals surface area contributed by atoms with Crippen molar-refractivity contribution in [2.24, 2.45) is 0 Å². The average molecular weight is 412 g/mol. The van der Waals surface area contributed by atoms with Gasteiger partial charge in [0.1, 0.15) is 17.7 Å². The third kappa shape index (κ3) is 4.55. The van der Waals surface area contributed by atoms with Gasteiger partial charge in [0.2, 0.25) is 11.9 Å². The van der Waals surface area contributed by atoms with Gasteiger partial charge in [0.15, 0.2) is 0 Å². The first-order valence-corrected chi connectivity index (χ1v) is 10.3. The molecule has 1 aromatic carbocycles. The van der Waals surface area contributed by atoms with Crippen LogP contribution in [-0.4, -0.2) is 50.9 Å². The van der Waals surface area contributed by atoms with Crippen molar-refractivity contribution < 1.29 is 14.6 Å². The first-order valence-electron chi connectivity index (χ1n) is 10.3. The monoisotopic (exact) mass is 412 g/mol. The molecular formula is C21H28N6O3. The molecule has 4 rings (SSSR count). The number of alkyl carbamates (subject to hydrolysis) is 1. The molecule has 0 bridgehead atoms. The Hall–Kier alpha value is -3.10. The van der Waals surface area contributed by atoms with Crippen molar-refractivity contribution in [2.75, 3.05) is 22.9 Å². The highest BCUT2D eigenvalue weighted by Crippen LogP contribution is 2.32. The normalized spacial score (nSPS) is 17.0. The Labute approximate surface area is 176 Å². The van der Waals surface area contributed by atoms with Gasteiger partial charge in [-0.1, -0.05) is 12.1 Å². The van der Waals surface area contributed by atoms with Gasteiger partial charge in [-0.15, -0.1) is 0 Å². The van der Waals surface area contributed by atoms with Crippen LogP contribution in [0.15, 0.2) is 24.5 Å². The highest BCUT2D eigenvalue weighted by atomic mass is 16.6. The predicted octanol–water partition coefficient (Wildman–Crippen LogP) is 2.59. The summed E-state index contributed by atoms with van der Waals surface area (Å²) in [6, 6.07) is 5.65. The molecule has 9 heteroatoms. The lowest BCUT2D eigenvalue weighted by Gasteiger charge is -2.33. The van der Waals surface area contributed by atoms with E-state index < -0.39 is 5.60 Å². The molecule has 0 aliphatic carbocycles. The van der Waals surface area contributed by atoms with E-state index in [-0.39, 0.29) is 12.1 Å². The number of phenols is 1. The minimum atomic E-state index is -0.502. The van der Waals surface area contributed by atoms with E-state index in [1.54, 1.807) is 6.07 Å². The Morgan fingerprint density at radius 2 is 1.83 bits per heavy atom. The Kier molecular flexibility index (Phi) is 5.36. The summed E-state index contributed by atoms with van der Waals surface area (Å²) in [4.78, 5) is 29.5. The molecule has 1 aromatic heterocycles. The van der Waals surface area contributed by atoms with Crippen molar-refractivity contribution in [1.29, 1.82) is 0 Å². The standard InChI is InChI=1S/C21H28N6O3/c1-21(2,3)30-20(29)24-15-7-9-26(10-8-15)18-22-13-23-19(25-18)27-11-14-5-4-6-17(28)16(14)12-27/h4-6,13,15,28H,7-12H2,1-3H3,(H,24,29). The number of carbonyl (C=O) groups is 1. The van der Waals surface area contributed by atoms with Crippen LogP contribution in [0.25, 0.3) is 0 Å². The Morgan fingerprint density at radius 1 is 1.13 bits per heavy atom. The Balaban J connectivity index is 1.36. The van der Waals surface area contributed by atoms with Gasteiger partial charge in [-0.05, 0) is 45.2 Å². The molecule has 2 aliphatic heterocycles. The lowest BCUT2D eigenvalue weighted by molar-refractivity contribution is 0.0497. The largest absolute Gasteiger partial charge is 0.508 e. The fourth-order valence-corrected chi connectivity index (χ4v) is 3.83. The number of amides is 1. The van der Waals surface area contributed by atoms with Crippen LogP contribution in [0.3, 0.4) is 0 Å². The van der Waals surface area contributed by atoms with Crippen molar-refractivity contribution in [2.45, 2.75) is 58.3 Å². The molecule has 1 amide bonds. The third-order valence-corrected chi connectivity index (χ3v) is 5.29. The maximum absolute atomic E-state index is 12.0. The Morgan fingerprint density at radius 3 is 2.50 bits per heavy atom. The van der Waals surface area contributed by atoms with E-state index in [0.29, 0.717) is 30.7 Å². The van der Waals surface area contributed by atoms with Gasteiger partial charge in [-0.25, -0.2) is 14.8 Å². The Bertz CT molecular complexity index is 921. The molecule has 0 spiro atoms. The lowest BCUT2D eigenvalue weighted by Crippen LogP contribution is -2.46. The van der Waals surface area contributed by atoms with Crippen molar-refractivity contribution in [3.8, 4) is 5.75 Å². The molecule has 2 N–H and O–H groups in total. The summed E-state index contributed by atoms with van der Waals surface area (Å²) >= 11 is 0. The fourth-order valence-electron chi connectivity index (χ4n) is 3.83. The molecule has 0 radical (unpaired) electrons. The van der Waals surface area contributed by atoms with E-state index in [2.05, 4.69) is 25.2 Å². The van der Waals surface area contributed by atoms with Crippen molar-refractivity contribution >= 4 is 18.0 Å². The predicted molar refractivity (Wildman–Crippen MR) is 112 cm³/mol. The van der Waals surface area contributed by atoms with Gasteiger partial charge in [-0.2, -0.15) is 4.98 Å². The van der Waals surface area contributed by atoms with E-state index in [4.69, 9.17) is 4.74 Å². The summed E-state index contributed by atoms with van der Waals surface area (Å²) in [6.07, 6.45) is 2.75. The zero-order valence-corrected chi connectivity index (χ0v) is 17.6. The summed E-state index contributed by atoms with van der Waals surface area (Å²) in [5.74, 6) is 1.55. The number of hydrogen-bond donors (Lipinski definition) is 2. The quantitative estimate of drug-likeness (QED) is 0.793. The third-order valence-electron chi connectivity index (χ3n) is 5.29. The molecule has 0 atom stereocenters. The number of anilines is 2. The van der Waals surface area contributed by atoms with Gasteiger partial charge < -0.3 is 25.0 Å². The number of rotatable bonds is 3. The van der Waals surface area contributed by atoms with Gasteiger partial charge in [0.25, 0.3) is 0 Å². The second-order valence-corrected chi connectivity index (χ2v) is 8.76. The molecule has 2 aromatic rings. The van der Waals surface area contributed by atoms with E-state index in [1.807, 2.05) is 37.8 Å². The zero-order chi connectivity index (χ0) is 21.3. The molecule has 1 fully saturated rings. The molecule has 0 unspecified atom stereocenters. The van der Waals surface area contributed by atoms with Gasteiger partial charge in [-0.3, -0.25) is 0 Å². The topological polar surface area (TPSA) is 104 Å². The zero-order valence-electron chi connectivity index (χ0n) is 17.6. The van der Waals surface area contributed by atoms with Crippen molar-refractivity contribution in [1.82, 2.24) is 20.3 Å². The summed E-state index contributed by atoms with van der Waals surface area (Å²) < 4.78 is 5.34. The van der Waals surface area contributed by atoms with E-state index in [9.17, 15) is 9.90 Å². The smallest absolute Gasteiger partial charge is 0.407 e. The highest BCUT2D eigenvalue weighted by molar-refractivity contribution is 5.68. The first kappa shape index (κ1) is 20.2. The number of nitrogens with one attached hydrogen (secondary N) is 1. The average Bonchev–Trinajstić information content (AvgIpc) is 3.13. The molecule has 3 heterocycles. The molecule has 0 saturated carbocycles. The molecule has 9 nitrogen and oxygen atoms in total. The maximum Gasteiger partial charge on any atom is 0.407 e. The molecule has 2 aliphatic rings. The molecule has 30 heavy (non-hydrogen) atoms. The SMILES string of the molecule is CC(C)(C)OC(=O)NC1CCN(c2ncnc(N3Cc4cccc(O)c4C3)n2)CC1. The second kappa shape index (κ2) is 7.97. The minimum absolute atomic E-state index is 0.0773.